The number of nitrogens with zero attached hydrogens (tertiary/aromatic N) is 2. The van der Waals surface area contributed by atoms with E-state index in [1.807, 2.05) is 103 Å². The number of aryl methyl sites for hydroxylation is 1. The lowest BCUT2D eigenvalue weighted by Crippen LogP contribution is -2.53. The molecule has 0 radical (unpaired) electrons. The minimum absolute atomic E-state index is 0.0123. The highest BCUT2D eigenvalue weighted by Gasteiger charge is 2.66. The Hall–Kier alpha value is -4.22. The summed E-state index contributed by atoms with van der Waals surface area (Å²) >= 11 is 0. The highest BCUT2D eigenvalue weighted by atomic mass is 16.5. The van der Waals surface area contributed by atoms with E-state index in [0.717, 1.165) is 33.7 Å². The van der Waals surface area contributed by atoms with Crippen LogP contribution in [0.2, 0.25) is 0 Å². The molecule has 4 aromatic rings. The number of hydrogen-bond donors (Lipinski definition) is 0. The maximum atomic E-state index is 14.8. The third kappa shape index (κ3) is 3.88. The molecular weight excluding hydrogens is 484 g/mol. The lowest BCUT2D eigenvalue weighted by molar-refractivity contribution is -0.129. The summed E-state index contributed by atoms with van der Waals surface area (Å²) in [5.41, 5.74) is 4.54. The zero-order valence-electron chi connectivity index (χ0n) is 22.5. The van der Waals surface area contributed by atoms with Crippen LogP contribution in [-0.2, 0) is 16.9 Å². The van der Waals surface area contributed by atoms with E-state index in [-0.39, 0.29) is 17.6 Å². The first kappa shape index (κ1) is 25.1. The van der Waals surface area contributed by atoms with Gasteiger partial charge in [-0.05, 0) is 48.9 Å². The molecular formula is C34H32N2O3. The maximum Gasteiger partial charge on any atom is 0.253 e. The van der Waals surface area contributed by atoms with Gasteiger partial charge in [0.25, 0.3) is 5.91 Å². The number of ether oxygens (including phenoxy) is 1. The number of Topliss-reactive ketones (excluding diaryl/α,β-unsaturated/α-hetero) is 1. The fourth-order valence-corrected chi connectivity index (χ4v) is 6.62. The van der Waals surface area contributed by atoms with E-state index >= 15 is 0 Å². The van der Waals surface area contributed by atoms with E-state index in [1.54, 1.807) is 7.11 Å². The van der Waals surface area contributed by atoms with Crippen molar-refractivity contribution in [3.8, 4) is 5.75 Å². The predicted molar refractivity (Wildman–Crippen MR) is 153 cm³/mol. The lowest BCUT2D eigenvalue weighted by atomic mass is 9.70. The molecule has 0 N–H and O–H groups in total. The first-order chi connectivity index (χ1) is 19.0. The maximum absolute atomic E-state index is 14.8. The Morgan fingerprint density at radius 3 is 2.28 bits per heavy atom. The Labute approximate surface area is 229 Å². The summed E-state index contributed by atoms with van der Waals surface area (Å²) < 4.78 is 5.40. The van der Waals surface area contributed by atoms with Crippen LogP contribution in [0.25, 0.3) is 0 Å². The van der Waals surface area contributed by atoms with Gasteiger partial charge in [0.1, 0.15) is 11.3 Å². The number of carbonyl (C=O) groups is 2. The molecule has 1 spiro atoms. The van der Waals surface area contributed by atoms with E-state index in [2.05, 4.69) is 24.0 Å². The number of benzene rings is 4. The number of para-hydroxylation sites is 1. The number of methoxy groups -OCH3 is 1. The standard InChI is InChI=1S/C34H32N2O3/c1-23-11-7-8-14-26(23)21-36-30-16-10-9-15-29(30)34(33(36)38)31(32(37)25-12-5-4-6-13-25)28(22-35(34)2)24-17-19-27(39-3)20-18-24/h4-20,28,31H,21-22H2,1-3H3/t28-,31+,34-/m0/s1. The normalized spacial score (nSPS) is 22.3. The second-order valence-electron chi connectivity index (χ2n) is 10.6. The van der Waals surface area contributed by atoms with Crippen molar-refractivity contribution in [3.63, 3.8) is 0 Å². The molecule has 0 aliphatic carbocycles. The van der Waals surface area contributed by atoms with Gasteiger partial charge in [-0.25, -0.2) is 0 Å². The molecule has 1 amide bonds. The Balaban J connectivity index is 1.53. The molecule has 3 atom stereocenters. The van der Waals surface area contributed by atoms with E-state index in [9.17, 15) is 9.59 Å². The number of fused-ring (bicyclic) bond motifs is 2. The molecule has 39 heavy (non-hydrogen) atoms. The first-order valence-corrected chi connectivity index (χ1v) is 13.4. The monoisotopic (exact) mass is 516 g/mol. The number of ketones is 1. The largest absolute Gasteiger partial charge is 0.497 e. The van der Waals surface area contributed by atoms with E-state index in [4.69, 9.17) is 4.74 Å². The molecule has 1 fully saturated rings. The Morgan fingerprint density at radius 1 is 0.897 bits per heavy atom. The second-order valence-corrected chi connectivity index (χ2v) is 10.6. The van der Waals surface area contributed by atoms with E-state index in [1.165, 1.54) is 0 Å². The van der Waals surface area contributed by atoms with Crippen molar-refractivity contribution in [1.29, 1.82) is 0 Å². The predicted octanol–water partition coefficient (Wildman–Crippen LogP) is 5.97. The minimum Gasteiger partial charge on any atom is -0.497 e. The van der Waals surface area contributed by atoms with Crippen molar-refractivity contribution in [2.75, 3.05) is 25.6 Å². The van der Waals surface area contributed by atoms with Crippen LogP contribution in [0.3, 0.4) is 0 Å². The van der Waals surface area contributed by atoms with Gasteiger partial charge in [-0.1, -0.05) is 84.9 Å². The molecule has 0 aromatic heterocycles. The number of carbonyl (C=O) groups excluding carboxylic acids is 2. The zero-order valence-corrected chi connectivity index (χ0v) is 22.5. The van der Waals surface area contributed by atoms with Gasteiger partial charge in [0.2, 0.25) is 0 Å². The molecule has 2 heterocycles. The average molecular weight is 517 g/mol. The van der Waals surface area contributed by atoms with Gasteiger partial charge in [0, 0.05) is 29.3 Å². The van der Waals surface area contributed by atoms with Crippen LogP contribution in [0.4, 0.5) is 5.69 Å². The SMILES string of the molecule is COc1ccc([C@@H]2CN(C)[C@]3(C(=O)N(Cc4ccccc4C)c4ccccc43)[C@H]2C(=O)c2ccccc2)cc1. The number of likely N-dealkylation sites (tertiary alicyclic amines) is 1. The Kier molecular flexibility index (Phi) is 6.32. The summed E-state index contributed by atoms with van der Waals surface area (Å²) in [5.74, 6) is -0.0725. The molecule has 6 rings (SSSR count). The molecule has 5 heteroatoms. The van der Waals surface area contributed by atoms with E-state index in [0.29, 0.717) is 18.7 Å². The van der Waals surface area contributed by atoms with Crippen LogP contribution in [0.1, 0.15) is 38.5 Å². The Bertz CT molecular complexity index is 1530. The molecule has 5 nitrogen and oxygen atoms in total. The third-order valence-electron chi connectivity index (χ3n) is 8.58. The fourth-order valence-electron chi connectivity index (χ4n) is 6.62. The number of rotatable bonds is 6. The van der Waals surface area contributed by atoms with Crippen LogP contribution in [0, 0.1) is 12.8 Å². The van der Waals surface area contributed by atoms with Crippen LogP contribution < -0.4 is 9.64 Å². The van der Waals surface area contributed by atoms with Crippen molar-refractivity contribution in [3.05, 3.63) is 131 Å². The van der Waals surface area contributed by atoms with Gasteiger partial charge in [0.05, 0.1) is 19.6 Å². The number of likely N-dealkylation sites (N-methyl/N-ethyl adjacent to an activating group) is 1. The zero-order chi connectivity index (χ0) is 27.1. The highest BCUT2D eigenvalue weighted by Crippen LogP contribution is 2.57. The van der Waals surface area contributed by atoms with Crippen LogP contribution in [0.15, 0.2) is 103 Å². The topological polar surface area (TPSA) is 49.9 Å². The number of amides is 1. The molecule has 0 saturated carbocycles. The van der Waals surface area contributed by atoms with Crippen LogP contribution in [0.5, 0.6) is 5.75 Å². The van der Waals surface area contributed by atoms with Gasteiger partial charge in [-0.3, -0.25) is 14.5 Å². The fraction of sp³-hybridized carbons (Fsp3) is 0.235. The summed E-state index contributed by atoms with van der Waals surface area (Å²) in [6.45, 7) is 3.10. The van der Waals surface area contributed by atoms with Gasteiger partial charge >= 0.3 is 0 Å². The third-order valence-corrected chi connectivity index (χ3v) is 8.58. The van der Waals surface area contributed by atoms with Gasteiger partial charge in [-0.2, -0.15) is 0 Å². The molecule has 2 aliphatic rings. The molecule has 4 aromatic carbocycles. The molecule has 196 valence electrons. The molecule has 1 saturated heterocycles. The highest BCUT2D eigenvalue weighted by molar-refractivity contribution is 6.13. The summed E-state index contributed by atoms with van der Waals surface area (Å²) in [5, 5.41) is 0. The molecule has 0 bridgehead atoms. The summed E-state index contributed by atoms with van der Waals surface area (Å²) in [7, 11) is 3.63. The van der Waals surface area contributed by atoms with Gasteiger partial charge in [-0.15, -0.1) is 0 Å². The minimum atomic E-state index is -1.11. The summed E-state index contributed by atoms with van der Waals surface area (Å²) in [6.07, 6.45) is 0. The lowest BCUT2D eigenvalue weighted by Gasteiger charge is -2.36. The Morgan fingerprint density at radius 2 is 1.56 bits per heavy atom. The first-order valence-electron chi connectivity index (χ1n) is 13.4. The van der Waals surface area contributed by atoms with Gasteiger partial charge < -0.3 is 9.64 Å². The molecule has 2 aliphatic heterocycles. The van der Waals surface area contributed by atoms with Crippen molar-refractivity contribution < 1.29 is 14.3 Å². The van der Waals surface area contributed by atoms with Crippen molar-refractivity contribution in [2.45, 2.75) is 24.9 Å². The molecule has 0 unspecified atom stereocenters. The van der Waals surface area contributed by atoms with Crippen LogP contribution in [-0.4, -0.2) is 37.3 Å². The van der Waals surface area contributed by atoms with E-state index < -0.39 is 11.5 Å². The average Bonchev–Trinajstić information content (AvgIpc) is 3.42. The summed E-state index contributed by atoms with van der Waals surface area (Å²) in [6, 6.07) is 33.5. The van der Waals surface area contributed by atoms with Crippen molar-refractivity contribution in [1.82, 2.24) is 4.90 Å². The van der Waals surface area contributed by atoms with Crippen LogP contribution >= 0.6 is 0 Å². The smallest absolute Gasteiger partial charge is 0.253 e. The van der Waals surface area contributed by atoms with Gasteiger partial charge in [0.15, 0.2) is 5.78 Å². The quantitative estimate of drug-likeness (QED) is 0.296. The number of hydrogen-bond acceptors (Lipinski definition) is 4. The summed E-state index contributed by atoms with van der Waals surface area (Å²) in [4.78, 5) is 33.4. The van der Waals surface area contributed by atoms with Crippen molar-refractivity contribution in [2.24, 2.45) is 5.92 Å². The number of anilines is 1. The second kappa shape index (κ2) is 9.83. The van der Waals surface area contributed by atoms with Crippen molar-refractivity contribution >= 4 is 17.4 Å².